The molecular formula is C21H19ClF3N3O2S. The number of hydrogen-bond donors (Lipinski definition) is 2. The van der Waals surface area contributed by atoms with E-state index in [1.54, 1.807) is 30.3 Å². The number of amides is 1. The van der Waals surface area contributed by atoms with Crippen molar-refractivity contribution >= 4 is 52.3 Å². The minimum absolute atomic E-state index is 0.111. The van der Waals surface area contributed by atoms with E-state index < -0.39 is 17.6 Å². The molecular weight excluding hydrogens is 451 g/mol. The molecule has 2 aromatic carbocycles. The summed E-state index contributed by atoms with van der Waals surface area (Å²) < 4.78 is 44.9. The van der Waals surface area contributed by atoms with Crippen LogP contribution in [-0.2, 0) is 15.7 Å². The topological polar surface area (TPSA) is 53.6 Å². The zero-order valence-corrected chi connectivity index (χ0v) is 17.8. The lowest BCUT2D eigenvalue weighted by Gasteiger charge is -2.31. The molecule has 0 bridgehead atoms. The highest BCUT2D eigenvalue weighted by atomic mass is 35.5. The number of rotatable bonds is 4. The Balaban J connectivity index is 1.72. The monoisotopic (exact) mass is 469 g/mol. The molecule has 3 rings (SSSR count). The summed E-state index contributed by atoms with van der Waals surface area (Å²) >= 11 is 11.0. The number of carbonyl (C=O) groups excluding carboxylic acids is 1. The summed E-state index contributed by atoms with van der Waals surface area (Å²) in [5.41, 5.74) is 0.642. The van der Waals surface area contributed by atoms with E-state index >= 15 is 0 Å². The van der Waals surface area contributed by atoms with E-state index in [1.165, 1.54) is 12.1 Å². The molecule has 2 N–H and O–H groups in total. The minimum Gasteiger partial charge on any atom is -0.378 e. The molecule has 0 aliphatic carbocycles. The molecule has 0 spiro atoms. The number of morpholine rings is 1. The fourth-order valence-electron chi connectivity index (χ4n) is 2.95. The van der Waals surface area contributed by atoms with Crippen LogP contribution in [-0.4, -0.2) is 37.3 Å². The van der Waals surface area contributed by atoms with Crippen LogP contribution in [0, 0.1) is 0 Å². The number of hydrogen-bond acceptors (Lipinski definition) is 4. The maximum absolute atomic E-state index is 13.2. The van der Waals surface area contributed by atoms with Gasteiger partial charge in [-0.25, -0.2) is 0 Å². The summed E-state index contributed by atoms with van der Waals surface area (Å²) in [6, 6.07) is 10.2. The van der Waals surface area contributed by atoms with Crippen LogP contribution < -0.4 is 15.5 Å². The third-order valence-electron chi connectivity index (χ3n) is 4.46. The number of nitrogens with zero attached hydrogens (tertiary/aromatic N) is 1. The van der Waals surface area contributed by atoms with E-state index in [1.807, 2.05) is 4.90 Å². The fourth-order valence-corrected chi connectivity index (χ4v) is 3.28. The zero-order valence-electron chi connectivity index (χ0n) is 16.2. The molecule has 0 saturated carbocycles. The van der Waals surface area contributed by atoms with Gasteiger partial charge in [0, 0.05) is 24.2 Å². The Morgan fingerprint density at radius 2 is 1.81 bits per heavy atom. The Bertz CT molecular complexity index is 975. The van der Waals surface area contributed by atoms with Crippen molar-refractivity contribution in [2.24, 2.45) is 0 Å². The third kappa shape index (κ3) is 6.68. The number of anilines is 2. The van der Waals surface area contributed by atoms with Crippen LogP contribution >= 0.6 is 23.8 Å². The lowest BCUT2D eigenvalue weighted by molar-refractivity contribution is -0.137. The van der Waals surface area contributed by atoms with Crippen LogP contribution in [0.3, 0.4) is 0 Å². The Hall–Kier alpha value is -2.62. The average molecular weight is 470 g/mol. The number of halogens is 4. The Morgan fingerprint density at radius 3 is 2.45 bits per heavy atom. The third-order valence-corrected chi connectivity index (χ3v) is 4.91. The molecule has 2 aromatic rings. The van der Waals surface area contributed by atoms with E-state index in [-0.39, 0.29) is 10.8 Å². The van der Waals surface area contributed by atoms with Crippen LogP contribution in [0.25, 0.3) is 6.08 Å². The molecule has 31 heavy (non-hydrogen) atoms. The van der Waals surface area contributed by atoms with E-state index in [0.717, 1.165) is 17.7 Å². The predicted molar refractivity (Wildman–Crippen MR) is 119 cm³/mol. The standard InChI is InChI=1S/C21H19ClF3N3O2S/c22-16-5-1-14(2-6-16)3-8-19(29)27-20(31)26-17-13-15(21(23,24)25)4-7-18(17)28-9-11-30-12-10-28/h1-8,13H,9-12H2,(H2,26,27,29,31)/b8-3+. The molecule has 1 heterocycles. The maximum atomic E-state index is 13.2. The summed E-state index contributed by atoms with van der Waals surface area (Å²) in [5.74, 6) is -0.521. The Kier molecular flexibility index (Phi) is 7.53. The maximum Gasteiger partial charge on any atom is 0.416 e. The zero-order chi connectivity index (χ0) is 22.4. The second kappa shape index (κ2) is 10.1. The second-order valence-corrected chi connectivity index (χ2v) is 7.50. The molecule has 0 unspecified atom stereocenters. The van der Waals surface area contributed by atoms with Gasteiger partial charge in [0.05, 0.1) is 30.2 Å². The van der Waals surface area contributed by atoms with Crippen molar-refractivity contribution in [3.63, 3.8) is 0 Å². The molecule has 164 valence electrons. The second-order valence-electron chi connectivity index (χ2n) is 6.66. The minimum atomic E-state index is -4.51. The number of nitrogens with one attached hydrogen (secondary N) is 2. The molecule has 0 atom stereocenters. The van der Waals surface area contributed by atoms with Gasteiger partial charge in [-0.15, -0.1) is 0 Å². The normalized spacial score (nSPS) is 14.5. The van der Waals surface area contributed by atoms with Crippen molar-refractivity contribution in [2.75, 3.05) is 36.5 Å². The van der Waals surface area contributed by atoms with E-state index in [2.05, 4.69) is 10.6 Å². The summed E-state index contributed by atoms with van der Waals surface area (Å²) in [7, 11) is 0. The Morgan fingerprint density at radius 1 is 1.13 bits per heavy atom. The smallest absolute Gasteiger partial charge is 0.378 e. The van der Waals surface area contributed by atoms with Crippen molar-refractivity contribution in [3.05, 3.63) is 64.7 Å². The summed E-state index contributed by atoms with van der Waals surface area (Å²) in [4.78, 5) is 14.0. The van der Waals surface area contributed by atoms with Crippen LogP contribution in [0.4, 0.5) is 24.5 Å². The quantitative estimate of drug-likeness (QED) is 0.501. The van der Waals surface area contributed by atoms with Gasteiger partial charge in [-0.05, 0) is 54.2 Å². The van der Waals surface area contributed by atoms with E-state index in [0.29, 0.717) is 37.0 Å². The molecule has 1 amide bonds. The molecule has 1 aliphatic heterocycles. The van der Waals surface area contributed by atoms with Crippen LogP contribution in [0.15, 0.2) is 48.5 Å². The molecule has 10 heteroatoms. The molecule has 1 saturated heterocycles. The molecule has 0 aromatic heterocycles. The largest absolute Gasteiger partial charge is 0.416 e. The van der Waals surface area contributed by atoms with Crippen LogP contribution in [0.5, 0.6) is 0 Å². The number of thiocarbonyl (C=S) groups is 1. The van der Waals surface area contributed by atoms with Gasteiger partial charge in [0.2, 0.25) is 5.91 Å². The van der Waals surface area contributed by atoms with Crippen molar-refractivity contribution in [1.82, 2.24) is 5.32 Å². The molecule has 5 nitrogen and oxygen atoms in total. The van der Waals surface area contributed by atoms with Crippen molar-refractivity contribution in [2.45, 2.75) is 6.18 Å². The first kappa shape index (κ1) is 23.1. The highest BCUT2D eigenvalue weighted by Crippen LogP contribution is 2.35. The summed E-state index contributed by atoms with van der Waals surface area (Å²) in [6.45, 7) is 2.00. The van der Waals surface area contributed by atoms with Gasteiger partial charge in [-0.1, -0.05) is 23.7 Å². The highest BCUT2D eigenvalue weighted by molar-refractivity contribution is 7.80. The van der Waals surface area contributed by atoms with Gasteiger partial charge >= 0.3 is 6.18 Å². The first-order chi connectivity index (χ1) is 14.7. The summed E-state index contributed by atoms with van der Waals surface area (Å²) in [5, 5.41) is 5.63. The van der Waals surface area contributed by atoms with Crippen molar-refractivity contribution in [1.29, 1.82) is 0 Å². The molecule has 1 aliphatic rings. The first-order valence-corrected chi connectivity index (χ1v) is 10.1. The fraction of sp³-hybridized carbons (Fsp3) is 0.238. The van der Waals surface area contributed by atoms with Gasteiger partial charge in [0.1, 0.15) is 0 Å². The van der Waals surface area contributed by atoms with Gasteiger partial charge in [0.15, 0.2) is 5.11 Å². The van der Waals surface area contributed by atoms with Gasteiger partial charge in [-0.2, -0.15) is 13.2 Å². The van der Waals surface area contributed by atoms with E-state index in [9.17, 15) is 18.0 Å². The van der Waals surface area contributed by atoms with Crippen LogP contribution in [0.1, 0.15) is 11.1 Å². The molecule has 1 fully saturated rings. The average Bonchev–Trinajstić information content (AvgIpc) is 2.73. The summed E-state index contributed by atoms with van der Waals surface area (Å²) in [6.07, 6.45) is -1.67. The predicted octanol–water partition coefficient (Wildman–Crippen LogP) is 4.72. The van der Waals surface area contributed by atoms with E-state index in [4.69, 9.17) is 28.6 Å². The first-order valence-electron chi connectivity index (χ1n) is 9.32. The highest BCUT2D eigenvalue weighted by Gasteiger charge is 2.31. The van der Waals surface area contributed by atoms with Gasteiger partial charge in [0.25, 0.3) is 0 Å². The number of carbonyl (C=O) groups is 1. The van der Waals surface area contributed by atoms with Crippen molar-refractivity contribution < 1.29 is 22.7 Å². The van der Waals surface area contributed by atoms with Crippen molar-refractivity contribution in [3.8, 4) is 0 Å². The van der Waals surface area contributed by atoms with Crippen LogP contribution in [0.2, 0.25) is 5.02 Å². The lowest BCUT2D eigenvalue weighted by Crippen LogP contribution is -2.38. The van der Waals surface area contributed by atoms with Gasteiger partial charge in [-0.3, -0.25) is 10.1 Å². The SMILES string of the molecule is O=C(/C=C/c1ccc(Cl)cc1)NC(=S)Nc1cc(C(F)(F)F)ccc1N1CCOCC1. The number of ether oxygens (including phenoxy) is 1. The van der Waals surface area contributed by atoms with Gasteiger partial charge < -0.3 is 15.0 Å². The molecule has 0 radical (unpaired) electrons. The number of benzene rings is 2. The Labute approximate surface area is 187 Å². The lowest BCUT2D eigenvalue weighted by atomic mass is 10.1. The number of alkyl halides is 3.